The largest absolute Gasteiger partial charge is 0.385 e. The van der Waals surface area contributed by atoms with E-state index in [0.29, 0.717) is 52.8 Å². The van der Waals surface area contributed by atoms with Gasteiger partial charge in [-0.15, -0.1) is 0 Å². The molecule has 1 aliphatic heterocycles. The molecule has 32 heavy (non-hydrogen) atoms. The quantitative estimate of drug-likeness (QED) is 0.528. The number of carbonyl (C=O) groups excluding carboxylic acids is 2. The highest BCUT2D eigenvalue weighted by Gasteiger charge is 2.34. The molecule has 166 valence electrons. The Kier molecular flexibility index (Phi) is 6.54. The van der Waals surface area contributed by atoms with E-state index in [1.165, 1.54) is 0 Å². The summed E-state index contributed by atoms with van der Waals surface area (Å²) in [6, 6.07) is 15.8. The average molecular weight is 471 g/mol. The van der Waals surface area contributed by atoms with Gasteiger partial charge in [0.05, 0.1) is 22.9 Å². The fourth-order valence-electron chi connectivity index (χ4n) is 4.15. The number of carbonyl (C=O) groups is 2. The van der Waals surface area contributed by atoms with Crippen LogP contribution < -0.4 is 0 Å². The van der Waals surface area contributed by atoms with Crippen LogP contribution in [0.2, 0.25) is 10.0 Å². The number of rotatable bonds is 6. The minimum atomic E-state index is -0.911. The highest BCUT2D eigenvalue weighted by Crippen LogP contribution is 2.33. The molecule has 2 heterocycles. The number of aryl methyl sites for hydroxylation is 1. The lowest BCUT2D eigenvalue weighted by Crippen LogP contribution is -2.44. The number of nitrogens with zero attached hydrogens (tertiary/aromatic N) is 2. The van der Waals surface area contributed by atoms with Gasteiger partial charge in [0, 0.05) is 42.5 Å². The van der Waals surface area contributed by atoms with E-state index in [0.717, 1.165) is 5.56 Å². The molecule has 0 unspecified atom stereocenters. The molecule has 0 saturated carbocycles. The molecule has 4 rings (SSSR count). The van der Waals surface area contributed by atoms with Crippen molar-refractivity contribution in [1.82, 2.24) is 9.47 Å². The van der Waals surface area contributed by atoms with E-state index in [9.17, 15) is 14.7 Å². The summed E-state index contributed by atoms with van der Waals surface area (Å²) in [5, 5.41) is 12.0. The normalized spacial score (nSPS) is 16.1. The summed E-state index contributed by atoms with van der Waals surface area (Å²) in [6.07, 6.45) is 2.75. The predicted molar refractivity (Wildman–Crippen MR) is 126 cm³/mol. The Morgan fingerprint density at radius 2 is 1.69 bits per heavy atom. The third-order valence-electron chi connectivity index (χ3n) is 6.11. The summed E-state index contributed by atoms with van der Waals surface area (Å²) in [5.41, 5.74) is 1.25. The summed E-state index contributed by atoms with van der Waals surface area (Å²) in [4.78, 5) is 27.8. The van der Waals surface area contributed by atoms with Crippen LogP contribution in [0.3, 0.4) is 0 Å². The van der Waals surface area contributed by atoms with E-state index >= 15 is 0 Å². The van der Waals surface area contributed by atoms with E-state index in [1.54, 1.807) is 60.3 Å². The molecule has 2 aromatic carbocycles. The van der Waals surface area contributed by atoms with Gasteiger partial charge in [-0.05, 0) is 48.7 Å². The van der Waals surface area contributed by atoms with Crippen molar-refractivity contribution in [2.75, 3.05) is 19.6 Å². The van der Waals surface area contributed by atoms with Gasteiger partial charge in [0.2, 0.25) is 5.78 Å². The van der Waals surface area contributed by atoms with Gasteiger partial charge in [-0.25, -0.2) is 0 Å². The smallest absolute Gasteiger partial charge is 0.210 e. The molecule has 0 aliphatic carbocycles. The molecule has 0 bridgehead atoms. The Bertz CT molecular complexity index is 1150. The molecule has 1 aliphatic rings. The number of halogens is 2. The van der Waals surface area contributed by atoms with Gasteiger partial charge >= 0.3 is 0 Å². The number of aliphatic hydroxyl groups is 1. The van der Waals surface area contributed by atoms with Crippen molar-refractivity contribution in [3.05, 3.63) is 93.2 Å². The lowest BCUT2D eigenvalue weighted by Gasteiger charge is -2.38. The van der Waals surface area contributed by atoms with Gasteiger partial charge in [-0.2, -0.15) is 0 Å². The number of piperidine rings is 1. The first kappa shape index (κ1) is 22.7. The molecular formula is C25H24Cl2N2O3. The molecule has 1 N–H and O–H groups in total. The summed E-state index contributed by atoms with van der Waals surface area (Å²) < 4.78 is 1.66. The maximum atomic E-state index is 12.9. The van der Waals surface area contributed by atoms with Gasteiger partial charge in [0.25, 0.3) is 0 Å². The zero-order valence-electron chi connectivity index (χ0n) is 17.7. The van der Waals surface area contributed by atoms with Crippen LogP contribution in [0.1, 0.15) is 44.8 Å². The number of hydrogen-bond acceptors (Lipinski definition) is 4. The van der Waals surface area contributed by atoms with E-state index in [2.05, 4.69) is 0 Å². The first-order valence-corrected chi connectivity index (χ1v) is 11.2. The van der Waals surface area contributed by atoms with Crippen molar-refractivity contribution >= 4 is 34.8 Å². The molecular weight excluding hydrogens is 447 g/mol. The molecule has 0 amide bonds. The van der Waals surface area contributed by atoms with Gasteiger partial charge in [-0.3, -0.25) is 14.5 Å². The van der Waals surface area contributed by atoms with Crippen LogP contribution in [0.5, 0.6) is 0 Å². The first-order valence-electron chi connectivity index (χ1n) is 10.5. The maximum Gasteiger partial charge on any atom is 0.210 e. The monoisotopic (exact) mass is 470 g/mol. The number of likely N-dealkylation sites (tertiary alicyclic amines) is 1. The van der Waals surface area contributed by atoms with Crippen molar-refractivity contribution in [2.24, 2.45) is 7.05 Å². The van der Waals surface area contributed by atoms with Gasteiger partial charge < -0.3 is 9.67 Å². The first-order chi connectivity index (χ1) is 15.3. The number of benzene rings is 2. The van der Waals surface area contributed by atoms with Crippen molar-refractivity contribution in [3.63, 3.8) is 0 Å². The number of hydrogen-bond donors (Lipinski definition) is 1. The lowest BCUT2D eigenvalue weighted by molar-refractivity contribution is -0.0245. The topological polar surface area (TPSA) is 62.5 Å². The third kappa shape index (κ3) is 4.66. The predicted octanol–water partition coefficient (Wildman–Crippen LogP) is 4.73. The highest BCUT2D eigenvalue weighted by atomic mass is 35.5. The summed E-state index contributed by atoms with van der Waals surface area (Å²) in [6.45, 7) is 1.44. The van der Waals surface area contributed by atoms with Crippen molar-refractivity contribution in [3.8, 4) is 0 Å². The van der Waals surface area contributed by atoms with Crippen LogP contribution in [0.15, 0.2) is 60.8 Å². The summed E-state index contributed by atoms with van der Waals surface area (Å²) in [5.74, 6) is -0.279. The van der Waals surface area contributed by atoms with Crippen LogP contribution in [-0.2, 0) is 12.6 Å². The Morgan fingerprint density at radius 1 is 1.03 bits per heavy atom. The van der Waals surface area contributed by atoms with E-state index < -0.39 is 5.60 Å². The lowest BCUT2D eigenvalue weighted by atomic mass is 9.84. The van der Waals surface area contributed by atoms with Crippen LogP contribution in [0.4, 0.5) is 0 Å². The molecule has 1 saturated heterocycles. The molecule has 0 radical (unpaired) electrons. The number of Topliss-reactive ketones (excluding diaryl/α,β-unsaturated/α-hetero) is 1. The standard InChI is InChI=1S/C25H24Cl2N2O3/c1-28-15-17(14-22(28)24(31)20-4-2-3-5-21(20)27)23(30)16-29-12-10-25(32,11-13-29)18-6-8-19(26)9-7-18/h2-9,14-15,32H,10-13,16H2,1H3. The van der Waals surface area contributed by atoms with Gasteiger partial charge in [0.1, 0.15) is 0 Å². The Labute approximate surface area is 197 Å². The molecule has 0 spiro atoms. The highest BCUT2D eigenvalue weighted by molar-refractivity contribution is 6.35. The van der Waals surface area contributed by atoms with Gasteiger partial charge in [-0.1, -0.05) is 47.5 Å². The minimum Gasteiger partial charge on any atom is -0.385 e. The van der Waals surface area contributed by atoms with Crippen LogP contribution in [0, 0.1) is 0 Å². The fraction of sp³-hybridized carbons (Fsp3) is 0.280. The molecule has 3 aromatic rings. The third-order valence-corrected chi connectivity index (χ3v) is 6.69. The summed E-state index contributed by atoms with van der Waals surface area (Å²) in [7, 11) is 1.74. The second-order valence-corrected chi connectivity index (χ2v) is 9.12. The summed E-state index contributed by atoms with van der Waals surface area (Å²) >= 11 is 12.1. The number of aromatic nitrogens is 1. The zero-order valence-corrected chi connectivity index (χ0v) is 19.2. The van der Waals surface area contributed by atoms with Crippen LogP contribution >= 0.6 is 23.2 Å². The molecule has 5 nitrogen and oxygen atoms in total. The van der Waals surface area contributed by atoms with Crippen molar-refractivity contribution < 1.29 is 14.7 Å². The van der Waals surface area contributed by atoms with Crippen molar-refractivity contribution in [2.45, 2.75) is 18.4 Å². The zero-order chi connectivity index (χ0) is 22.9. The van der Waals surface area contributed by atoms with E-state index in [4.69, 9.17) is 23.2 Å². The second-order valence-electron chi connectivity index (χ2n) is 8.27. The maximum absolute atomic E-state index is 12.9. The minimum absolute atomic E-state index is 0.0595. The number of ketones is 2. The van der Waals surface area contributed by atoms with E-state index in [1.807, 2.05) is 17.0 Å². The molecule has 1 aromatic heterocycles. The SMILES string of the molecule is Cn1cc(C(=O)CN2CCC(O)(c3ccc(Cl)cc3)CC2)cc1C(=O)c1ccccc1Cl. The molecule has 0 atom stereocenters. The van der Waals surface area contributed by atoms with Crippen LogP contribution in [-0.4, -0.2) is 45.8 Å². The second kappa shape index (κ2) is 9.20. The Hall–Kier alpha value is -2.44. The van der Waals surface area contributed by atoms with Crippen LogP contribution in [0.25, 0.3) is 0 Å². The van der Waals surface area contributed by atoms with E-state index in [-0.39, 0.29) is 18.1 Å². The fourth-order valence-corrected chi connectivity index (χ4v) is 4.50. The Balaban J connectivity index is 1.41. The molecule has 7 heteroatoms. The molecule has 1 fully saturated rings. The average Bonchev–Trinajstić information content (AvgIpc) is 3.17. The Morgan fingerprint density at radius 3 is 2.34 bits per heavy atom. The van der Waals surface area contributed by atoms with Gasteiger partial charge in [0.15, 0.2) is 5.78 Å². The van der Waals surface area contributed by atoms with Crippen molar-refractivity contribution in [1.29, 1.82) is 0 Å².